The largest absolute Gasteiger partial charge is 0.351 e. The lowest BCUT2D eigenvalue weighted by Crippen LogP contribution is -2.36. The first-order valence-electron chi connectivity index (χ1n) is 7.11. The zero-order valence-corrected chi connectivity index (χ0v) is 13.9. The second-order valence-electron chi connectivity index (χ2n) is 5.23. The van der Waals surface area contributed by atoms with Crippen LogP contribution >= 0.6 is 0 Å². The van der Waals surface area contributed by atoms with E-state index < -0.39 is 15.9 Å². The van der Waals surface area contributed by atoms with Crippen LogP contribution in [0.1, 0.15) is 16.7 Å². The molecule has 0 saturated carbocycles. The van der Waals surface area contributed by atoms with Crippen LogP contribution in [-0.4, -0.2) is 25.9 Å². The highest BCUT2D eigenvalue weighted by molar-refractivity contribution is 7.89. The van der Waals surface area contributed by atoms with Crippen LogP contribution < -0.4 is 10.0 Å². The summed E-state index contributed by atoms with van der Waals surface area (Å²) in [7, 11) is -3.71. The maximum Gasteiger partial charge on any atom is 0.241 e. The Labute approximate surface area is 136 Å². The van der Waals surface area contributed by atoms with Gasteiger partial charge in [-0.25, -0.2) is 13.1 Å². The third-order valence-electron chi connectivity index (χ3n) is 3.26. The molecule has 0 radical (unpaired) electrons. The van der Waals surface area contributed by atoms with Crippen LogP contribution in [0, 0.1) is 13.8 Å². The molecule has 0 aliphatic carbocycles. The number of benzene rings is 1. The van der Waals surface area contributed by atoms with E-state index in [9.17, 15) is 13.2 Å². The minimum absolute atomic E-state index is 0.183. The van der Waals surface area contributed by atoms with Gasteiger partial charge in [-0.3, -0.25) is 9.78 Å². The van der Waals surface area contributed by atoms with Gasteiger partial charge in [0.2, 0.25) is 15.9 Å². The number of aromatic nitrogens is 1. The number of aryl methyl sites for hydroxylation is 2. The molecule has 0 fully saturated rings. The Morgan fingerprint density at radius 2 is 2.00 bits per heavy atom. The Balaban J connectivity index is 1.92. The van der Waals surface area contributed by atoms with Crippen LogP contribution in [0.4, 0.5) is 0 Å². The fourth-order valence-electron chi connectivity index (χ4n) is 2.10. The molecule has 0 atom stereocenters. The molecule has 1 heterocycles. The van der Waals surface area contributed by atoms with Crippen molar-refractivity contribution in [2.45, 2.75) is 25.3 Å². The van der Waals surface area contributed by atoms with Crippen molar-refractivity contribution in [1.29, 1.82) is 0 Å². The number of hydrogen-bond donors (Lipinski definition) is 2. The number of nitrogens with one attached hydrogen (secondary N) is 2. The summed E-state index contributed by atoms with van der Waals surface area (Å²) in [5.74, 6) is -0.401. The lowest BCUT2D eigenvalue weighted by molar-refractivity contribution is -0.120. The normalized spacial score (nSPS) is 11.2. The summed E-state index contributed by atoms with van der Waals surface area (Å²) >= 11 is 0. The smallest absolute Gasteiger partial charge is 0.241 e. The van der Waals surface area contributed by atoms with Gasteiger partial charge in [-0.2, -0.15) is 0 Å². The molecule has 0 unspecified atom stereocenters. The summed E-state index contributed by atoms with van der Waals surface area (Å²) in [5, 5.41) is 2.64. The van der Waals surface area contributed by atoms with Crippen molar-refractivity contribution in [3.8, 4) is 0 Å². The van der Waals surface area contributed by atoms with Gasteiger partial charge < -0.3 is 5.32 Å². The lowest BCUT2D eigenvalue weighted by Gasteiger charge is -2.10. The molecule has 0 bridgehead atoms. The first-order valence-corrected chi connectivity index (χ1v) is 8.59. The molecule has 23 heavy (non-hydrogen) atoms. The van der Waals surface area contributed by atoms with Gasteiger partial charge in [-0.15, -0.1) is 0 Å². The third-order valence-corrected chi connectivity index (χ3v) is 4.82. The summed E-state index contributed by atoms with van der Waals surface area (Å²) in [6, 6.07) is 8.65. The second kappa shape index (κ2) is 7.34. The van der Waals surface area contributed by atoms with Crippen LogP contribution in [0.15, 0.2) is 47.6 Å². The van der Waals surface area contributed by atoms with Crippen molar-refractivity contribution < 1.29 is 13.2 Å². The van der Waals surface area contributed by atoms with Crippen LogP contribution in [0.25, 0.3) is 0 Å². The number of carbonyl (C=O) groups excluding carboxylic acids is 1. The summed E-state index contributed by atoms with van der Waals surface area (Å²) < 4.78 is 26.8. The van der Waals surface area contributed by atoms with Crippen LogP contribution in [0.5, 0.6) is 0 Å². The number of hydrogen-bond acceptors (Lipinski definition) is 4. The van der Waals surface area contributed by atoms with E-state index in [1.54, 1.807) is 43.6 Å². The zero-order chi connectivity index (χ0) is 16.9. The maximum atomic E-state index is 12.2. The van der Waals surface area contributed by atoms with Crippen LogP contribution in [0.3, 0.4) is 0 Å². The van der Waals surface area contributed by atoms with Crippen LogP contribution in [0.2, 0.25) is 0 Å². The molecule has 0 saturated heterocycles. The summed E-state index contributed by atoms with van der Waals surface area (Å²) in [4.78, 5) is 15.9. The van der Waals surface area contributed by atoms with E-state index in [4.69, 9.17) is 0 Å². The fourth-order valence-corrected chi connectivity index (χ4v) is 3.31. The molecule has 7 heteroatoms. The fraction of sp³-hybridized carbons (Fsp3) is 0.250. The quantitative estimate of drug-likeness (QED) is 0.834. The molecule has 0 aliphatic rings. The Hall–Kier alpha value is -2.25. The summed E-state index contributed by atoms with van der Waals surface area (Å²) in [6.45, 7) is 3.61. The monoisotopic (exact) mass is 333 g/mol. The highest BCUT2D eigenvalue weighted by Crippen LogP contribution is 2.15. The molecular formula is C16H19N3O3S. The predicted molar refractivity (Wildman–Crippen MR) is 87.2 cm³/mol. The van der Waals surface area contributed by atoms with Gasteiger partial charge in [0.05, 0.1) is 11.4 Å². The van der Waals surface area contributed by atoms with E-state index in [-0.39, 0.29) is 11.4 Å². The van der Waals surface area contributed by atoms with Gasteiger partial charge in [-0.1, -0.05) is 23.8 Å². The molecule has 122 valence electrons. The van der Waals surface area contributed by atoms with E-state index in [1.807, 2.05) is 13.0 Å². The number of rotatable bonds is 6. The van der Waals surface area contributed by atoms with Gasteiger partial charge in [0, 0.05) is 18.9 Å². The number of pyridine rings is 1. The Morgan fingerprint density at radius 1 is 1.22 bits per heavy atom. The van der Waals surface area contributed by atoms with Gasteiger partial charge in [-0.05, 0) is 37.1 Å². The maximum absolute atomic E-state index is 12.2. The molecule has 6 nitrogen and oxygen atoms in total. The molecule has 0 aliphatic heterocycles. The zero-order valence-electron chi connectivity index (χ0n) is 13.0. The molecule has 0 spiro atoms. The average molecular weight is 333 g/mol. The van der Waals surface area contributed by atoms with Crippen molar-refractivity contribution in [3.63, 3.8) is 0 Å². The van der Waals surface area contributed by atoms with Crippen molar-refractivity contribution in [3.05, 3.63) is 59.4 Å². The van der Waals surface area contributed by atoms with Crippen molar-refractivity contribution >= 4 is 15.9 Å². The molecular weight excluding hydrogens is 314 g/mol. The second-order valence-corrected chi connectivity index (χ2v) is 6.97. The molecule has 2 N–H and O–H groups in total. The number of carbonyl (C=O) groups is 1. The van der Waals surface area contributed by atoms with Crippen molar-refractivity contribution in [2.24, 2.45) is 0 Å². The first-order chi connectivity index (χ1) is 10.9. The van der Waals surface area contributed by atoms with Gasteiger partial charge in [0.25, 0.3) is 0 Å². The Bertz CT molecular complexity index is 789. The first kappa shape index (κ1) is 17.1. The van der Waals surface area contributed by atoms with Crippen molar-refractivity contribution in [2.75, 3.05) is 6.54 Å². The van der Waals surface area contributed by atoms with E-state index in [0.717, 1.165) is 11.1 Å². The topological polar surface area (TPSA) is 88.2 Å². The third kappa shape index (κ3) is 4.87. The molecule has 2 aromatic rings. The SMILES string of the molecule is Cc1ccc(S(=O)(=O)NCC(=O)NCc2cccnc2)c(C)c1. The Morgan fingerprint density at radius 3 is 2.65 bits per heavy atom. The highest BCUT2D eigenvalue weighted by atomic mass is 32.2. The molecule has 1 amide bonds. The standard InChI is InChI=1S/C16H19N3O3S/c1-12-5-6-15(13(2)8-12)23(21,22)19-11-16(20)18-10-14-4-3-7-17-9-14/h3-9,19H,10-11H2,1-2H3,(H,18,20). The number of nitrogens with zero attached hydrogens (tertiary/aromatic N) is 1. The number of amides is 1. The highest BCUT2D eigenvalue weighted by Gasteiger charge is 2.17. The minimum Gasteiger partial charge on any atom is -0.351 e. The van der Waals surface area contributed by atoms with Gasteiger partial charge in [0.1, 0.15) is 0 Å². The minimum atomic E-state index is -3.71. The molecule has 1 aromatic heterocycles. The number of sulfonamides is 1. The summed E-state index contributed by atoms with van der Waals surface area (Å²) in [6.07, 6.45) is 3.28. The lowest BCUT2D eigenvalue weighted by atomic mass is 10.2. The van der Waals surface area contributed by atoms with Gasteiger partial charge >= 0.3 is 0 Å². The predicted octanol–water partition coefficient (Wildman–Crippen LogP) is 1.29. The van der Waals surface area contributed by atoms with E-state index in [0.29, 0.717) is 12.1 Å². The van der Waals surface area contributed by atoms with E-state index in [1.165, 1.54) is 0 Å². The average Bonchev–Trinajstić information content (AvgIpc) is 2.51. The molecule has 1 aromatic carbocycles. The molecule has 2 rings (SSSR count). The van der Waals surface area contributed by atoms with E-state index >= 15 is 0 Å². The van der Waals surface area contributed by atoms with Gasteiger partial charge in [0.15, 0.2) is 0 Å². The van der Waals surface area contributed by atoms with Crippen LogP contribution in [-0.2, 0) is 21.4 Å². The van der Waals surface area contributed by atoms with E-state index in [2.05, 4.69) is 15.0 Å². The van der Waals surface area contributed by atoms with Crippen molar-refractivity contribution in [1.82, 2.24) is 15.0 Å². The summed E-state index contributed by atoms with van der Waals surface area (Å²) in [5.41, 5.74) is 2.47. The Kier molecular flexibility index (Phi) is 5.46.